The first-order chi connectivity index (χ1) is 14.7. The number of anilines is 1. The second-order valence-electron chi connectivity index (χ2n) is 6.52. The van der Waals surface area contributed by atoms with Crippen LogP contribution in [-0.4, -0.2) is 16.6 Å². The topological polar surface area (TPSA) is 126 Å². The minimum Gasteiger partial charge on any atom is -0.871 e. The van der Waals surface area contributed by atoms with Crippen LogP contribution >= 0.6 is 11.3 Å². The van der Waals surface area contributed by atoms with Crippen molar-refractivity contribution in [1.82, 2.24) is 9.88 Å². The maximum Gasteiger partial charge on any atom is 1.00 e. The number of urea groups is 1. The second kappa shape index (κ2) is 12.7. The maximum atomic E-state index is 14.0. The van der Waals surface area contributed by atoms with Crippen LogP contribution in [0.1, 0.15) is 17.3 Å². The number of aliphatic carboxylic acids is 1. The van der Waals surface area contributed by atoms with Crippen molar-refractivity contribution >= 4 is 29.0 Å². The van der Waals surface area contributed by atoms with E-state index in [1.807, 2.05) is 0 Å². The van der Waals surface area contributed by atoms with Gasteiger partial charge >= 0.3 is 65.1 Å². The van der Waals surface area contributed by atoms with Crippen molar-refractivity contribution in [3.05, 3.63) is 69.5 Å². The number of carboxylic acids is 1. The molecule has 2 amide bonds. The number of hydrogen-bond donors (Lipinski definition) is 2. The molecule has 1 atom stereocenters. The number of aryl methyl sites for hydroxylation is 1. The predicted molar refractivity (Wildman–Crippen MR) is 105 cm³/mol. The quantitative estimate of drug-likeness (QED) is 0.335. The van der Waals surface area contributed by atoms with E-state index in [2.05, 4.69) is 10.6 Å². The third-order valence-corrected chi connectivity index (χ3v) is 5.54. The minimum absolute atomic E-state index is 0. The zero-order valence-electron chi connectivity index (χ0n) is 18.0. The van der Waals surface area contributed by atoms with Crippen molar-refractivity contribution < 1.29 is 87.7 Å². The third kappa shape index (κ3) is 7.38. The van der Waals surface area contributed by atoms with Crippen molar-refractivity contribution in [3.8, 4) is 16.2 Å². The summed E-state index contributed by atoms with van der Waals surface area (Å²) in [5.74, 6) is -3.71. The molecule has 0 unspecified atom stereocenters. The zero-order valence-corrected chi connectivity index (χ0v) is 22.8. The summed E-state index contributed by atoms with van der Waals surface area (Å²) in [6.45, 7) is 0. The third-order valence-electron chi connectivity index (χ3n) is 4.31. The molecule has 0 aliphatic carbocycles. The SMILES string of the molecule is Cn1ccc([O-])c(NC(=O)N[C@@H](CC(=O)[O-])c2ccc(-c3ccc(F)cc3F)s2)c1=O.[Na+].[Na+]. The Labute approximate surface area is 235 Å². The smallest absolute Gasteiger partial charge is 0.871 e. The van der Waals surface area contributed by atoms with Gasteiger partial charge in [0, 0.05) is 47.0 Å². The Morgan fingerprint density at radius 1 is 1.15 bits per heavy atom. The van der Waals surface area contributed by atoms with Crippen molar-refractivity contribution in [3.63, 3.8) is 0 Å². The summed E-state index contributed by atoms with van der Waals surface area (Å²) in [6.07, 6.45) is 0.630. The fraction of sp³-hybridized carbons (Fsp3) is 0.150. The van der Waals surface area contributed by atoms with E-state index in [1.165, 1.54) is 31.4 Å². The number of thiophene rings is 1. The van der Waals surface area contributed by atoms with Crippen molar-refractivity contribution in [2.45, 2.75) is 12.5 Å². The molecular weight excluding hydrogens is 478 g/mol. The molecule has 0 aliphatic heterocycles. The van der Waals surface area contributed by atoms with Gasteiger partial charge in [-0.3, -0.25) is 4.79 Å². The molecule has 8 nitrogen and oxygen atoms in total. The van der Waals surface area contributed by atoms with Crippen LogP contribution in [0.25, 0.3) is 10.4 Å². The molecule has 2 heterocycles. The summed E-state index contributed by atoms with van der Waals surface area (Å²) >= 11 is 0.989. The Kier molecular flexibility index (Phi) is 11.2. The number of pyridine rings is 1. The molecule has 0 saturated heterocycles. The summed E-state index contributed by atoms with van der Waals surface area (Å²) in [5, 5.41) is 27.5. The molecule has 0 spiro atoms. The summed E-state index contributed by atoms with van der Waals surface area (Å²) < 4.78 is 28.3. The average molecular weight is 493 g/mol. The van der Waals surface area contributed by atoms with Gasteiger partial charge in [-0.2, -0.15) is 0 Å². The van der Waals surface area contributed by atoms with Gasteiger partial charge in [0.25, 0.3) is 5.56 Å². The number of carboxylic acid groups (broad SMARTS) is 1. The van der Waals surface area contributed by atoms with Gasteiger partial charge in [-0.1, -0.05) is 11.8 Å². The number of amides is 2. The molecule has 0 fully saturated rings. The Bertz CT molecular complexity index is 1220. The van der Waals surface area contributed by atoms with Crippen LogP contribution in [0.15, 0.2) is 47.4 Å². The molecule has 13 heteroatoms. The molecular formula is C20H15F2N3Na2O5S. The van der Waals surface area contributed by atoms with E-state index in [0.717, 1.165) is 34.1 Å². The van der Waals surface area contributed by atoms with Crippen molar-refractivity contribution in [2.75, 3.05) is 5.32 Å². The van der Waals surface area contributed by atoms with Crippen LogP contribution in [-0.2, 0) is 11.8 Å². The number of carbonyl (C=O) groups is 2. The minimum atomic E-state index is -1.46. The summed E-state index contributed by atoms with van der Waals surface area (Å²) in [5.41, 5.74) is -1.11. The van der Waals surface area contributed by atoms with Crippen LogP contribution < -0.4 is 85.5 Å². The van der Waals surface area contributed by atoms with E-state index in [1.54, 1.807) is 0 Å². The monoisotopic (exact) mass is 493 g/mol. The van der Waals surface area contributed by atoms with Crippen molar-refractivity contribution in [1.29, 1.82) is 0 Å². The summed E-state index contributed by atoms with van der Waals surface area (Å²) in [4.78, 5) is 36.3. The molecule has 3 rings (SSSR count). The van der Waals surface area contributed by atoms with Crippen LogP contribution in [0.5, 0.6) is 5.75 Å². The Morgan fingerprint density at radius 2 is 1.85 bits per heavy atom. The van der Waals surface area contributed by atoms with Gasteiger partial charge in [0.2, 0.25) is 0 Å². The van der Waals surface area contributed by atoms with Gasteiger partial charge in [-0.15, -0.1) is 11.3 Å². The number of nitrogens with one attached hydrogen (secondary N) is 2. The fourth-order valence-corrected chi connectivity index (χ4v) is 3.88. The molecule has 0 radical (unpaired) electrons. The summed E-state index contributed by atoms with van der Waals surface area (Å²) in [7, 11) is 1.39. The molecule has 33 heavy (non-hydrogen) atoms. The van der Waals surface area contributed by atoms with Crippen LogP contribution in [0, 0.1) is 11.6 Å². The van der Waals surface area contributed by atoms with E-state index in [0.29, 0.717) is 9.75 Å². The largest absolute Gasteiger partial charge is 1.00 e. The van der Waals surface area contributed by atoms with Crippen LogP contribution in [0.3, 0.4) is 0 Å². The Morgan fingerprint density at radius 3 is 2.48 bits per heavy atom. The average Bonchev–Trinajstić information content (AvgIpc) is 3.17. The maximum absolute atomic E-state index is 14.0. The Hall–Kier alpha value is -1.73. The van der Waals surface area contributed by atoms with Crippen LogP contribution in [0.2, 0.25) is 0 Å². The summed E-state index contributed by atoms with van der Waals surface area (Å²) in [6, 6.07) is 5.07. The van der Waals surface area contributed by atoms with Gasteiger partial charge in [0.15, 0.2) is 0 Å². The first kappa shape index (κ1) is 29.3. The molecule has 1 aromatic carbocycles. The second-order valence-corrected chi connectivity index (χ2v) is 7.64. The number of nitrogens with zero attached hydrogens (tertiary/aromatic N) is 1. The first-order valence-electron chi connectivity index (χ1n) is 8.85. The van der Waals surface area contributed by atoms with Gasteiger partial charge in [-0.25, -0.2) is 13.6 Å². The number of halogens is 2. The van der Waals surface area contributed by atoms with E-state index in [-0.39, 0.29) is 64.7 Å². The number of aromatic nitrogens is 1. The molecule has 3 aromatic rings. The van der Waals surface area contributed by atoms with Gasteiger partial charge in [0.05, 0.1) is 6.04 Å². The first-order valence-corrected chi connectivity index (χ1v) is 9.66. The van der Waals surface area contributed by atoms with Gasteiger partial charge in [-0.05, 0) is 24.3 Å². The Balaban J connectivity index is 0.00000272. The van der Waals surface area contributed by atoms with Crippen molar-refractivity contribution in [2.24, 2.45) is 7.05 Å². The fourth-order valence-electron chi connectivity index (χ4n) is 2.80. The number of rotatable bonds is 6. The van der Waals surface area contributed by atoms with E-state index in [9.17, 15) is 33.4 Å². The molecule has 0 saturated carbocycles. The van der Waals surface area contributed by atoms with Gasteiger partial charge in [0.1, 0.15) is 17.3 Å². The molecule has 0 bridgehead atoms. The normalized spacial score (nSPS) is 11.0. The molecule has 2 N–H and O–H groups in total. The zero-order chi connectivity index (χ0) is 22.7. The number of carbonyl (C=O) groups excluding carboxylic acids is 2. The molecule has 162 valence electrons. The van der Waals surface area contributed by atoms with E-state index < -0.39 is 53.1 Å². The number of benzene rings is 1. The standard InChI is InChI=1S/C20H17F2N3O5S.2Na/c1-25-7-6-14(26)18(19(25)29)24-20(30)23-13(9-17(27)28)16-5-4-15(31-16)11-3-2-10(21)8-12(11)22;;/h2-8,13,26H,9H2,1H3,(H,27,28)(H2,23,24,30);;/q;2*+1/p-2/t13-;;/m0../s1. The number of hydrogen-bond acceptors (Lipinski definition) is 6. The predicted octanol–water partition coefficient (Wildman–Crippen LogP) is -4.52. The molecule has 2 aromatic heterocycles. The molecule has 0 aliphatic rings. The van der Waals surface area contributed by atoms with Gasteiger partial charge < -0.3 is 30.2 Å². The van der Waals surface area contributed by atoms with Crippen LogP contribution in [0.4, 0.5) is 19.3 Å². The van der Waals surface area contributed by atoms with E-state index in [4.69, 9.17) is 0 Å². The van der Waals surface area contributed by atoms with E-state index >= 15 is 0 Å².